The van der Waals surface area contributed by atoms with E-state index in [0.29, 0.717) is 0 Å². The standard InChI is InChI=1S/C13H17NOS/c15-13(12-7-4-10-16-12)14-9-8-11-5-2-1-3-6-11/h4-5,7,10H,1-3,6,8-9H2,(H,14,15). The fourth-order valence-electron chi connectivity index (χ4n) is 1.96. The molecule has 3 heteroatoms. The van der Waals surface area contributed by atoms with Crippen LogP contribution in [0.4, 0.5) is 0 Å². The number of nitrogens with one attached hydrogen (secondary N) is 1. The van der Waals surface area contributed by atoms with Gasteiger partial charge in [-0.15, -0.1) is 11.3 Å². The molecule has 1 aromatic heterocycles. The van der Waals surface area contributed by atoms with Crippen molar-refractivity contribution in [1.82, 2.24) is 5.32 Å². The summed E-state index contributed by atoms with van der Waals surface area (Å²) in [7, 11) is 0. The average molecular weight is 235 g/mol. The van der Waals surface area contributed by atoms with Gasteiger partial charge in [0.05, 0.1) is 4.88 Å². The van der Waals surface area contributed by atoms with E-state index in [1.165, 1.54) is 42.6 Å². The van der Waals surface area contributed by atoms with Gasteiger partial charge in [0.15, 0.2) is 0 Å². The number of carbonyl (C=O) groups is 1. The molecule has 1 N–H and O–H groups in total. The lowest BCUT2D eigenvalue weighted by Gasteiger charge is -2.12. The maximum Gasteiger partial charge on any atom is 0.261 e. The maximum absolute atomic E-state index is 11.6. The number of carbonyl (C=O) groups excluding carboxylic acids is 1. The molecule has 1 aliphatic carbocycles. The van der Waals surface area contributed by atoms with Gasteiger partial charge in [0, 0.05) is 6.54 Å². The first-order chi connectivity index (χ1) is 7.86. The second kappa shape index (κ2) is 5.85. The summed E-state index contributed by atoms with van der Waals surface area (Å²) in [6.45, 7) is 0.766. The molecule has 86 valence electrons. The normalized spacial score (nSPS) is 15.6. The largest absolute Gasteiger partial charge is 0.351 e. The van der Waals surface area contributed by atoms with Gasteiger partial charge in [-0.3, -0.25) is 4.79 Å². The molecule has 0 aliphatic heterocycles. The minimum atomic E-state index is 0.0615. The third-order valence-electron chi connectivity index (χ3n) is 2.86. The molecule has 0 fully saturated rings. The minimum absolute atomic E-state index is 0.0615. The Hall–Kier alpha value is -1.09. The summed E-state index contributed by atoms with van der Waals surface area (Å²) in [6, 6.07) is 3.77. The average Bonchev–Trinajstić information content (AvgIpc) is 2.84. The van der Waals surface area contributed by atoms with Crippen LogP contribution in [-0.4, -0.2) is 12.5 Å². The summed E-state index contributed by atoms with van der Waals surface area (Å²) in [6.07, 6.45) is 8.41. The SMILES string of the molecule is O=C(NCCC1=CCCCC1)c1cccs1. The van der Waals surface area contributed by atoms with E-state index < -0.39 is 0 Å². The lowest BCUT2D eigenvalue weighted by Crippen LogP contribution is -2.23. The van der Waals surface area contributed by atoms with Crippen LogP contribution in [0.15, 0.2) is 29.2 Å². The first-order valence-electron chi connectivity index (χ1n) is 5.86. The van der Waals surface area contributed by atoms with Crippen molar-refractivity contribution in [3.8, 4) is 0 Å². The Bertz CT molecular complexity index is 367. The van der Waals surface area contributed by atoms with Crippen molar-refractivity contribution in [2.45, 2.75) is 32.1 Å². The summed E-state index contributed by atoms with van der Waals surface area (Å²) < 4.78 is 0. The molecule has 0 bridgehead atoms. The van der Waals surface area contributed by atoms with Gasteiger partial charge < -0.3 is 5.32 Å². The maximum atomic E-state index is 11.6. The van der Waals surface area contributed by atoms with Crippen LogP contribution in [0.1, 0.15) is 41.8 Å². The molecule has 1 heterocycles. The molecule has 0 radical (unpaired) electrons. The van der Waals surface area contributed by atoms with Crippen LogP contribution in [-0.2, 0) is 0 Å². The summed E-state index contributed by atoms with van der Waals surface area (Å²) in [5.41, 5.74) is 1.51. The summed E-state index contributed by atoms with van der Waals surface area (Å²) >= 11 is 1.49. The van der Waals surface area contributed by atoms with Crippen LogP contribution >= 0.6 is 11.3 Å². The van der Waals surface area contributed by atoms with Crippen molar-refractivity contribution >= 4 is 17.2 Å². The van der Waals surface area contributed by atoms with E-state index in [2.05, 4.69) is 11.4 Å². The molecule has 0 aromatic carbocycles. The Morgan fingerprint density at radius 2 is 2.38 bits per heavy atom. The molecule has 0 saturated carbocycles. The van der Waals surface area contributed by atoms with Crippen LogP contribution in [0.2, 0.25) is 0 Å². The third-order valence-corrected chi connectivity index (χ3v) is 3.73. The highest BCUT2D eigenvalue weighted by Crippen LogP contribution is 2.19. The first kappa shape index (κ1) is 11.4. The Kier molecular flexibility index (Phi) is 4.17. The van der Waals surface area contributed by atoms with Gasteiger partial charge in [0.2, 0.25) is 0 Å². The zero-order valence-corrected chi connectivity index (χ0v) is 10.2. The molecule has 0 saturated heterocycles. The number of hydrogen-bond acceptors (Lipinski definition) is 2. The zero-order chi connectivity index (χ0) is 11.2. The molecular weight excluding hydrogens is 218 g/mol. The fraction of sp³-hybridized carbons (Fsp3) is 0.462. The van der Waals surface area contributed by atoms with Crippen molar-refractivity contribution in [2.24, 2.45) is 0 Å². The number of hydrogen-bond donors (Lipinski definition) is 1. The second-order valence-corrected chi connectivity index (χ2v) is 5.04. The van der Waals surface area contributed by atoms with Crippen LogP contribution in [0.3, 0.4) is 0 Å². The van der Waals surface area contributed by atoms with Gasteiger partial charge in [-0.25, -0.2) is 0 Å². The summed E-state index contributed by atoms with van der Waals surface area (Å²) in [4.78, 5) is 12.4. The summed E-state index contributed by atoms with van der Waals surface area (Å²) in [5.74, 6) is 0.0615. The third kappa shape index (κ3) is 3.20. The van der Waals surface area contributed by atoms with Gasteiger partial charge in [-0.2, -0.15) is 0 Å². The fourth-order valence-corrected chi connectivity index (χ4v) is 2.60. The van der Waals surface area contributed by atoms with Gasteiger partial charge in [-0.05, 0) is 43.6 Å². The monoisotopic (exact) mass is 235 g/mol. The molecule has 16 heavy (non-hydrogen) atoms. The van der Waals surface area contributed by atoms with E-state index in [1.807, 2.05) is 17.5 Å². The van der Waals surface area contributed by atoms with E-state index in [1.54, 1.807) is 0 Å². The Labute approximate surface area is 100 Å². The zero-order valence-electron chi connectivity index (χ0n) is 9.37. The van der Waals surface area contributed by atoms with Crippen molar-refractivity contribution < 1.29 is 4.79 Å². The molecule has 0 atom stereocenters. The number of amides is 1. The second-order valence-electron chi connectivity index (χ2n) is 4.09. The van der Waals surface area contributed by atoms with E-state index in [9.17, 15) is 4.79 Å². The van der Waals surface area contributed by atoms with Gasteiger partial charge in [0.25, 0.3) is 5.91 Å². The number of allylic oxidation sites excluding steroid dienone is 1. The lowest BCUT2D eigenvalue weighted by molar-refractivity contribution is 0.0958. The van der Waals surface area contributed by atoms with Gasteiger partial charge in [0.1, 0.15) is 0 Å². The highest BCUT2D eigenvalue weighted by Gasteiger charge is 2.07. The van der Waals surface area contributed by atoms with Crippen LogP contribution < -0.4 is 5.32 Å². The van der Waals surface area contributed by atoms with Crippen LogP contribution in [0.5, 0.6) is 0 Å². The predicted molar refractivity (Wildman–Crippen MR) is 67.8 cm³/mol. The Balaban J connectivity index is 1.72. The molecule has 0 spiro atoms. The number of thiophene rings is 1. The van der Waals surface area contributed by atoms with Crippen molar-refractivity contribution in [3.05, 3.63) is 34.0 Å². The van der Waals surface area contributed by atoms with Gasteiger partial charge in [-0.1, -0.05) is 17.7 Å². The van der Waals surface area contributed by atoms with E-state index in [0.717, 1.165) is 17.8 Å². The topological polar surface area (TPSA) is 29.1 Å². The quantitative estimate of drug-likeness (QED) is 0.796. The predicted octanol–water partition coefficient (Wildman–Crippen LogP) is 3.37. The molecule has 0 unspecified atom stereocenters. The molecular formula is C13H17NOS. The molecule has 1 amide bonds. The number of rotatable bonds is 4. The lowest BCUT2D eigenvalue weighted by atomic mass is 9.97. The van der Waals surface area contributed by atoms with Crippen molar-refractivity contribution in [3.63, 3.8) is 0 Å². The van der Waals surface area contributed by atoms with Crippen molar-refractivity contribution in [1.29, 1.82) is 0 Å². The van der Waals surface area contributed by atoms with Crippen LogP contribution in [0.25, 0.3) is 0 Å². The summed E-state index contributed by atoms with van der Waals surface area (Å²) in [5, 5.41) is 4.89. The Morgan fingerprint density at radius 1 is 1.44 bits per heavy atom. The van der Waals surface area contributed by atoms with Gasteiger partial charge >= 0.3 is 0 Å². The van der Waals surface area contributed by atoms with E-state index >= 15 is 0 Å². The first-order valence-corrected chi connectivity index (χ1v) is 6.74. The van der Waals surface area contributed by atoms with E-state index in [4.69, 9.17) is 0 Å². The Morgan fingerprint density at radius 3 is 3.06 bits per heavy atom. The van der Waals surface area contributed by atoms with Crippen molar-refractivity contribution in [2.75, 3.05) is 6.54 Å². The van der Waals surface area contributed by atoms with E-state index in [-0.39, 0.29) is 5.91 Å². The molecule has 1 aromatic rings. The minimum Gasteiger partial charge on any atom is -0.351 e. The van der Waals surface area contributed by atoms with Crippen LogP contribution in [0, 0.1) is 0 Å². The highest BCUT2D eigenvalue weighted by atomic mass is 32.1. The highest BCUT2D eigenvalue weighted by molar-refractivity contribution is 7.12. The smallest absolute Gasteiger partial charge is 0.261 e. The molecule has 2 nitrogen and oxygen atoms in total. The molecule has 2 rings (SSSR count). The molecule has 1 aliphatic rings.